The maximum Gasteiger partial charge on any atom is 0.252 e. The van der Waals surface area contributed by atoms with E-state index in [4.69, 9.17) is 0 Å². The third kappa shape index (κ3) is 8.23. The van der Waals surface area contributed by atoms with E-state index in [1.807, 2.05) is 23.5 Å². The molecule has 4 aliphatic rings. The van der Waals surface area contributed by atoms with Gasteiger partial charge < -0.3 is 19.6 Å². The lowest BCUT2D eigenvalue weighted by Gasteiger charge is -2.46. The van der Waals surface area contributed by atoms with E-state index < -0.39 is 0 Å². The first-order chi connectivity index (χ1) is 40.8. The van der Waals surface area contributed by atoms with Gasteiger partial charge in [0.05, 0.1) is 22.7 Å². The van der Waals surface area contributed by atoms with Gasteiger partial charge in [0.1, 0.15) is 0 Å². The number of anilines is 12. The second-order valence-corrected chi connectivity index (χ2v) is 26.1. The smallest absolute Gasteiger partial charge is 0.252 e. The van der Waals surface area contributed by atoms with Crippen molar-refractivity contribution in [2.75, 3.05) is 19.6 Å². The van der Waals surface area contributed by atoms with E-state index in [1.165, 1.54) is 159 Å². The largest absolute Gasteiger partial charge is 0.311 e. The highest BCUT2D eigenvalue weighted by molar-refractivity contribution is 8.01. The average Bonchev–Trinajstić information content (AvgIpc) is 3.27. The topological polar surface area (TPSA) is 13.0 Å². The van der Waals surface area contributed by atoms with E-state index in [0.29, 0.717) is 0 Å². The third-order valence-corrected chi connectivity index (χ3v) is 20.2. The van der Waals surface area contributed by atoms with Crippen molar-refractivity contribution in [2.45, 2.75) is 88.8 Å². The molecular weight excluding hydrogens is 1050 g/mol. The molecule has 11 aromatic carbocycles. The Kier molecular flexibility index (Phi) is 12.5. The van der Waals surface area contributed by atoms with Crippen LogP contribution in [0.1, 0.15) is 55.6 Å². The highest BCUT2D eigenvalue weighted by atomic mass is 32.2. The summed E-state index contributed by atoms with van der Waals surface area (Å²) in [5, 5.41) is 0. The maximum absolute atomic E-state index is 2.66. The Bertz CT molecular complexity index is 4490. The van der Waals surface area contributed by atoms with Gasteiger partial charge >= 0.3 is 0 Å². The van der Waals surface area contributed by atoms with Crippen LogP contribution in [0.5, 0.6) is 0 Å². The zero-order valence-corrected chi connectivity index (χ0v) is 51.0. The Morgan fingerprint density at radius 3 is 1.31 bits per heavy atom. The minimum Gasteiger partial charge on any atom is -0.311 e. The molecule has 0 aromatic heterocycles. The first kappa shape index (κ1) is 52.3. The van der Waals surface area contributed by atoms with E-state index >= 15 is 0 Å². The zero-order chi connectivity index (χ0) is 57.4. The molecule has 0 saturated carbocycles. The van der Waals surface area contributed by atoms with E-state index in [-0.39, 0.29) is 13.4 Å². The first-order valence-electron chi connectivity index (χ1n) is 29.5. The van der Waals surface area contributed by atoms with Gasteiger partial charge in [0.2, 0.25) is 6.71 Å². The molecule has 0 atom stereocenters. The number of nitrogens with zero attached hydrogens (tertiary/aromatic N) is 4. The molecule has 8 heteroatoms. The minimum atomic E-state index is -0.0852. The molecule has 0 spiro atoms. The molecule has 4 nitrogen and oxygen atoms in total. The van der Waals surface area contributed by atoms with E-state index in [9.17, 15) is 0 Å². The molecule has 84 heavy (non-hydrogen) atoms. The van der Waals surface area contributed by atoms with Crippen LogP contribution in [0.25, 0.3) is 0 Å². The lowest BCUT2D eigenvalue weighted by molar-refractivity contribution is 1.17. The second-order valence-electron chi connectivity index (χ2n) is 23.9. The Labute approximate surface area is 505 Å². The van der Waals surface area contributed by atoms with Gasteiger partial charge in [-0.05, 0) is 203 Å². The summed E-state index contributed by atoms with van der Waals surface area (Å²) in [6, 6.07) is 78.9. The van der Waals surface area contributed by atoms with Gasteiger partial charge in [0, 0.05) is 65.1 Å². The minimum absolute atomic E-state index is 0.0276. The summed E-state index contributed by atoms with van der Waals surface area (Å²) in [6.45, 7) is 22.6. The number of hydrogen-bond donors (Lipinski definition) is 0. The number of hydrogen-bond acceptors (Lipinski definition) is 6. The van der Waals surface area contributed by atoms with Crippen LogP contribution >= 0.6 is 23.5 Å². The van der Waals surface area contributed by atoms with Gasteiger partial charge in [-0.15, -0.1) is 0 Å². The van der Waals surface area contributed by atoms with Gasteiger partial charge in [0.25, 0.3) is 6.71 Å². The van der Waals surface area contributed by atoms with Crippen molar-refractivity contribution >= 4 is 138 Å². The standard InChI is InChI=1S/C76H64B2N4S2/c1-45-33-49(5)74(50(6)34-45)79(55-24-13-11-14-25-55)57-39-66-72-67(40-57)82(76-53(9)37-47(3)38-54(76)10)64-31-21-18-28-59(64)77(72)61-43-62-69(44-65(61)81(66)63-30-20-17-23-48(63)4)84-71-42-58(41-70-73(71)78(62)60-29-19-22-32-68(60)83-70)80(56-26-15-12-16-27-56)75-51(7)35-46(2)36-52(75)8/h11-44H,1-10H3. The fraction of sp³-hybridized carbons (Fsp3) is 0.132. The van der Waals surface area contributed by atoms with E-state index in [2.05, 4.69) is 295 Å². The Morgan fingerprint density at radius 1 is 0.286 bits per heavy atom. The third-order valence-electron chi connectivity index (χ3n) is 17.9. The molecule has 0 radical (unpaired) electrons. The van der Waals surface area contributed by atoms with Crippen LogP contribution in [-0.4, -0.2) is 13.4 Å². The van der Waals surface area contributed by atoms with Crippen LogP contribution in [0.4, 0.5) is 68.2 Å². The Hall–Kier alpha value is -8.55. The predicted molar refractivity (Wildman–Crippen MR) is 363 cm³/mol. The van der Waals surface area contributed by atoms with Crippen LogP contribution in [-0.2, 0) is 0 Å². The average molecular weight is 1120 g/mol. The molecular formula is C76H64B2N4S2. The summed E-state index contributed by atoms with van der Waals surface area (Å²) >= 11 is 3.88. The summed E-state index contributed by atoms with van der Waals surface area (Å²) in [5.74, 6) is 0. The summed E-state index contributed by atoms with van der Waals surface area (Å²) in [6.07, 6.45) is 0. The van der Waals surface area contributed by atoms with Crippen molar-refractivity contribution in [3.63, 3.8) is 0 Å². The van der Waals surface area contributed by atoms with Crippen molar-refractivity contribution in [1.82, 2.24) is 0 Å². The van der Waals surface area contributed by atoms with Gasteiger partial charge in [-0.2, -0.15) is 0 Å². The van der Waals surface area contributed by atoms with Crippen molar-refractivity contribution in [3.05, 3.63) is 262 Å². The lowest BCUT2D eigenvalue weighted by Crippen LogP contribution is -2.64. The maximum atomic E-state index is 2.66. The van der Waals surface area contributed by atoms with E-state index in [0.717, 1.165) is 17.1 Å². The first-order valence-corrected chi connectivity index (χ1v) is 31.1. The number of fused-ring (bicyclic) bond motifs is 8. The van der Waals surface area contributed by atoms with Gasteiger partial charge in [-0.3, -0.25) is 0 Å². The summed E-state index contributed by atoms with van der Waals surface area (Å²) in [7, 11) is 0. The van der Waals surface area contributed by atoms with E-state index in [1.54, 1.807) is 0 Å². The monoisotopic (exact) mass is 1120 g/mol. The number of benzene rings is 11. The Balaban J connectivity index is 1.03. The van der Waals surface area contributed by atoms with Crippen molar-refractivity contribution in [1.29, 1.82) is 0 Å². The van der Waals surface area contributed by atoms with Crippen LogP contribution in [0.3, 0.4) is 0 Å². The van der Waals surface area contributed by atoms with Crippen molar-refractivity contribution in [3.8, 4) is 0 Å². The molecule has 0 saturated heterocycles. The highest BCUT2D eigenvalue weighted by Gasteiger charge is 2.47. The van der Waals surface area contributed by atoms with Crippen molar-refractivity contribution < 1.29 is 0 Å². The molecule has 0 aliphatic carbocycles. The van der Waals surface area contributed by atoms with Crippen LogP contribution in [0.15, 0.2) is 226 Å². The van der Waals surface area contributed by atoms with Crippen LogP contribution in [0.2, 0.25) is 0 Å². The fourth-order valence-corrected chi connectivity index (χ4v) is 17.5. The Morgan fingerprint density at radius 2 is 0.738 bits per heavy atom. The summed E-state index contributed by atoms with van der Waals surface area (Å²) in [5.41, 5.74) is 34.8. The molecule has 4 aliphatic heterocycles. The van der Waals surface area contributed by atoms with Crippen LogP contribution in [0, 0.1) is 69.2 Å². The molecule has 406 valence electrons. The summed E-state index contributed by atoms with van der Waals surface area (Å²) < 4.78 is 0. The molecule has 4 heterocycles. The number of aryl methyl sites for hydroxylation is 10. The quantitative estimate of drug-likeness (QED) is 0.140. The molecule has 0 bridgehead atoms. The number of rotatable bonds is 8. The second kappa shape index (κ2) is 20.1. The molecule has 11 aromatic rings. The van der Waals surface area contributed by atoms with Gasteiger partial charge in [-0.1, -0.05) is 185 Å². The van der Waals surface area contributed by atoms with Crippen molar-refractivity contribution in [2.24, 2.45) is 0 Å². The highest BCUT2D eigenvalue weighted by Crippen LogP contribution is 2.52. The molecule has 0 amide bonds. The van der Waals surface area contributed by atoms with Crippen LogP contribution < -0.4 is 52.4 Å². The molecule has 0 unspecified atom stereocenters. The number of para-hydroxylation sites is 4. The fourth-order valence-electron chi connectivity index (χ4n) is 15.0. The molecule has 15 rings (SSSR count). The zero-order valence-electron chi connectivity index (χ0n) is 49.4. The SMILES string of the molecule is Cc1cc(C)c(N(c2ccccc2)c2cc3c4c(c2)Sc2cc5c(cc2B4c2ccccc2S3)B2c3ccccc3N(c3c(C)cc(C)cc3C)c3cc(N(c4ccccc4)c4c(C)cc(C)cc4C)cc(c32)N5c2ccccc2C)c(C)c1. The van der Waals surface area contributed by atoms with Gasteiger partial charge in [-0.25, -0.2) is 0 Å². The molecule has 0 N–H and O–H groups in total. The predicted octanol–water partition coefficient (Wildman–Crippen LogP) is 17.2. The lowest BCUT2D eigenvalue weighted by atomic mass is 9.31. The summed E-state index contributed by atoms with van der Waals surface area (Å²) in [4.78, 5) is 15.5. The van der Waals surface area contributed by atoms with Gasteiger partial charge in [0.15, 0.2) is 0 Å². The molecule has 0 fully saturated rings. The normalized spacial score (nSPS) is 13.2.